The molecule has 0 heterocycles. The Balaban J connectivity index is 0.000000788. The number of esters is 2. The zero-order valence-electron chi connectivity index (χ0n) is 23.7. The molecule has 2 aromatic carbocycles. The maximum absolute atomic E-state index is 11.9. The van der Waals surface area contributed by atoms with Gasteiger partial charge in [0.05, 0.1) is 31.1 Å². The van der Waals surface area contributed by atoms with E-state index < -0.39 is 47.9 Å². The van der Waals surface area contributed by atoms with Gasteiger partial charge in [-0.15, -0.1) is 12.4 Å². The lowest BCUT2D eigenvalue weighted by atomic mass is 10.1. The second-order valence-corrected chi connectivity index (χ2v) is 10.1. The molecule has 0 saturated heterocycles. The number of hydrogen-bond donors (Lipinski definition) is 4. The quantitative estimate of drug-likeness (QED) is 0.229. The predicted molar refractivity (Wildman–Crippen MR) is 153 cm³/mol. The summed E-state index contributed by atoms with van der Waals surface area (Å²) in [5, 5.41) is 21.3. The molecule has 0 spiro atoms. The number of carbonyl (C=O) groups excluding carboxylic acids is 3. The summed E-state index contributed by atoms with van der Waals surface area (Å²) < 4.78 is 15.3. The third-order valence-corrected chi connectivity index (χ3v) is 5.18. The Morgan fingerprint density at radius 3 is 1.60 bits per heavy atom. The average Bonchev–Trinajstić information content (AvgIpc) is 2.86. The third-order valence-electron chi connectivity index (χ3n) is 5.18. The first-order valence-electron chi connectivity index (χ1n) is 12.8. The second-order valence-electron chi connectivity index (χ2n) is 10.1. The van der Waals surface area contributed by atoms with E-state index in [9.17, 15) is 19.5 Å². The summed E-state index contributed by atoms with van der Waals surface area (Å²) in [7, 11) is 0. The van der Waals surface area contributed by atoms with Crippen molar-refractivity contribution in [2.24, 2.45) is 5.73 Å². The molecule has 2 aromatic rings. The van der Waals surface area contributed by atoms with E-state index in [1.165, 1.54) is 6.92 Å². The van der Waals surface area contributed by atoms with Gasteiger partial charge in [-0.1, -0.05) is 60.7 Å². The van der Waals surface area contributed by atoms with Crippen molar-refractivity contribution in [3.63, 3.8) is 0 Å². The number of ether oxygens (including phenoxy) is 3. The van der Waals surface area contributed by atoms with E-state index in [4.69, 9.17) is 25.1 Å². The van der Waals surface area contributed by atoms with E-state index in [1.54, 1.807) is 27.7 Å². The molecule has 0 aliphatic heterocycles. The van der Waals surface area contributed by atoms with Crippen molar-refractivity contribution in [1.29, 1.82) is 0 Å². The Morgan fingerprint density at radius 1 is 0.800 bits per heavy atom. The first-order valence-corrected chi connectivity index (χ1v) is 12.8. The molecule has 0 aromatic heterocycles. The van der Waals surface area contributed by atoms with Gasteiger partial charge in [-0.05, 0) is 45.7 Å². The van der Waals surface area contributed by atoms with Gasteiger partial charge in [0.25, 0.3) is 0 Å². The van der Waals surface area contributed by atoms with Gasteiger partial charge < -0.3 is 35.5 Å². The van der Waals surface area contributed by atoms with Gasteiger partial charge in [0, 0.05) is 6.04 Å². The fraction of sp³-hybridized carbons (Fsp3) is 0.483. The van der Waals surface area contributed by atoms with Crippen molar-refractivity contribution >= 4 is 30.4 Å². The van der Waals surface area contributed by atoms with Crippen LogP contribution in [-0.2, 0) is 37.0 Å². The van der Waals surface area contributed by atoms with Crippen molar-refractivity contribution in [2.45, 2.75) is 90.6 Å². The van der Waals surface area contributed by atoms with Gasteiger partial charge in [0.1, 0.15) is 18.8 Å². The lowest BCUT2D eigenvalue weighted by Gasteiger charge is -2.24. The minimum atomic E-state index is -0.910. The van der Waals surface area contributed by atoms with Crippen molar-refractivity contribution < 1.29 is 38.8 Å². The van der Waals surface area contributed by atoms with Crippen LogP contribution in [0.4, 0.5) is 4.79 Å². The molecule has 2 rings (SSSR count). The monoisotopic (exact) mass is 582 g/mol. The number of aliphatic hydroxyl groups is 2. The number of hydrogen-bond acceptors (Lipinski definition) is 9. The van der Waals surface area contributed by atoms with Gasteiger partial charge in [-0.25, -0.2) is 4.79 Å². The van der Waals surface area contributed by atoms with E-state index in [0.717, 1.165) is 11.1 Å². The molecular formula is C29H43ClN2O8. The van der Waals surface area contributed by atoms with E-state index in [-0.39, 0.29) is 38.5 Å². The standard InChI is InChI=1S/C17H25NO5.C12H17NO3.ClH/c1-12(19)14(18-16(21)23-17(2,3)4)10-15(20)22-11-13-8-6-5-7-9-13;1-9(14)11(13)7-12(15)16-8-10-5-3-2-4-6-10;/h5-9,12,14,19H,10-11H2,1-4H3,(H,18,21);2-6,9,11,14H,7-8,13H2,1H3;1H. The average molecular weight is 583 g/mol. The molecule has 40 heavy (non-hydrogen) atoms. The Labute approximate surface area is 242 Å². The Morgan fingerprint density at radius 2 is 1.23 bits per heavy atom. The van der Waals surface area contributed by atoms with Crippen LogP contribution in [0.5, 0.6) is 0 Å². The molecule has 0 aliphatic carbocycles. The molecule has 11 heteroatoms. The number of halogens is 1. The summed E-state index contributed by atoms with van der Waals surface area (Å²) in [5.74, 6) is -0.895. The minimum absolute atomic E-state index is 0. The fourth-order valence-corrected chi connectivity index (χ4v) is 2.94. The molecule has 5 N–H and O–H groups in total. The molecular weight excluding hydrogens is 540 g/mol. The zero-order chi connectivity index (χ0) is 29.4. The van der Waals surface area contributed by atoms with Crippen molar-refractivity contribution in [1.82, 2.24) is 5.32 Å². The number of alkyl carbamates (subject to hydrolysis) is 1. The van der Waals surface area contributed by atoms with Gasteiger partial charge in [-0.3, -0.25) is 9.59 Å². The smallest absolute Gasteiger partial charge is 0.407 e. The summed E-state index contributed by atoms with van der Waals surface area (Å²) in [6.07, 6.45) is -2.40. The lowest BCUT2D eigenvalue weighted by Crippen LogP contribution is -2.45. The van der Waals surface area contributed by atoms with Crippen LogP contribution in [0.3, 0.4) is 0 Å². The van der Waals surface area contributed by atoms with Crippen LogP contribution in [0.2, 0.25) is 0 Å². The fourth-order valence-electron chi connectivity index (χ4n) is 2.94. The molecule has 224 valence electrons. The van der Waals surface area contributed by atoms with Crippen molar-refractivity contribution in [2.75, 3.05) is 0 Å². The summed E-state index contributed by atoms with van der Waals surface area (Å²) >= 11 is 0. The number of nitrogens with two attached hydrogens (primary N) is 1. The molecule has 0 radical (unpaired) electrons. The van der Waals surface area contributed by atoms with Crippen LogP contribution >= 0.6 is 12.4 Å². The molecule has 0 aliphatic rings. The Bertz CT molecular complexity index is 998. The zero-order valence-corrected chi connectivity index (χ0v) is 24.6. The molecule has 4 atom stereocenters. The molecule has 1 amide bonds. The Kier molecular flexibility index (Phi) is 17.5. The van der Waals surface area contributed by atoms with Crippen LogP contribution in [0.25, 0.3) is 0 Å². The molecule has 0 bridgehead atoms. The first kappa shape index (κ1) is 36.8. The SMILES string of the molecule is CC(O)C(CC(=O)OCc1ccccc1)NC(=O)OC(C)(C)C.CC(O)C(N)CC(=O)OCc1ccccc1.Cl. The highest BCUT2D eigenvalue weighted by molar-refractivity contribution is 5.85. The molecule has 4 unspecified atom stereocenters. The lowest BCUT2D eigenvalue weighted by molar-refractivity contribution is -0.147. The normalized spacial score (nSPS) is 13.6. The topological polar surface area (TPSA) is 157 Å². The number of aliphatic hydroxyl groups excluding tert-OH is 2. The van der Waals surface area contributed by atoms with E-state index in [0.29, 0.717) is 0 Å². The molecule has 0 saturated carbocycles. The second kappa shape index (κ2) is 19.0. The molecule has 10 nitrogen and oxygen atoms in total. The number of nitrogens with one attached hydrogen (secondary N) is 1. The largest absolute Gasteiger partial charge is 0.461 e. The van der Waals surface area contributed by atoms with E-state index >= 15 is 0 Å². The highest BCUT2D eigenvalue weighted by Crippen LogP contribution is 2.10. The van der Waals surface area contributed by atoms with Crippen LogP contribution in [0.15, 0.2) is 60.7 Å². The van der Waals surface area contributed by atoms with Crippen LogP contribution in [-0.4, -0.2) is 58.1 Å². The number of amides is 1. The predicted octanol–water partition coefficient (Wildman–Crippen LogP) is 3.64. The minimum Gasteiger partial charge on any atom is -0.461 e. The summed E-state index contributed by atoms with van der Waals surface area (Å²) in [5.41, 5.74) is 6.69. The maximum Gasteiger partial charge on any atom is 0.407 e. The van der Waals surface area contributed by atoms with E-state index in [2.05, 4.69) is 5.32 Å². The summed E-state index contributed by atoms with van der Waals surface area (Å²) in [6, 6.07) is 17.3. The van der Waals surface area contributed by atoms with E-state index in [1.807, 2.05) is 60.7 Å². The third kappa shape index (κ3) is 17.4. The van der Waals surface area contributed by atoms with Gasteiger partial charge in [0.15, 0.2) is 0 Å². The van der Waals surface area contributed by atoms with Crippen LogP contribution < -0.4 is 11.1 Å². The van der Waals surface area contributed by atoms with Crippen molar-refractivity contribution in [3.05, 3.63) is 71.8 Å². The first-order chi connectivity index (χ1) is 18.3. The maximum atomic E-state index is 11.9. The number of rotatable bonds is 11. The number of benzene rings is 2. The number of carbonyl (C=O) groups is 3. The molecule has 0 fully saturated rings. The summed E-state index contributed by atoms with van der Waals surface area (Å²) in [6.45, 7) is 8.64. The van der Waals surface area contributed by atoms with Gasteiger partial charge in [-0.2, -0.15) is 0 Å². The van der Waals surface area contributed by atoms with Crippen LogP contribution in [0, 0.1) is 0 Å². The Hall–Kier alpha value is -3.18. The van der Waals surface area contributed by atoms with Gasteiger partial charge >= 0.3 is 18.0 Å². The van der Waals surface area contributed by atoms with Crippen molar-refractivity contribution in [3.8, 4) is 0 Å². The highest BCUT2D eigenvalue weighted by atomic mass is 35.5. The summed E-state index contributed by atoms with van der Waals surface area (Å²) in [4.78, 5) is 34.9. The van der Waals surface area contributed by atoms with Crippen LogP contribution in [0.1, 0.15) is 58.6 Å². The van der Waals surface area contributed by atoms with Gasteiger partial charge in [0.2, 0.25) is 0 Å². The highest BCUT2D eigenvalue weighted by Gasteiger charge is 2.25.